The number of nitrogens with one attached hydrogen (secondary N) is 2. The van der Waals surface area contributed by atoms with E-state index in [1.165, 1.54) is 29.2 Å². The predicted octanol–water partition coefficient (Wildman–Crippen LogP) is 4.60. The molecular weight excluding hydrogens is 416 g/mol. The lowest BCUT2D eigenvalue weighted by Gasteiger charge is -2.02. The van der Waals surface area contributed by atoms with Gasteiger partial charge in [-0.25, -0.2) is 9.97 Å². The summed E-state index contributed by atoms with van der Waals surface area (Å²) in [4.78, 5) is 36.5. The Morgan fingerprint density at radius 3 is 2.37 bits per heavy atom. The number of hydrogen-bond acceptors (Lipinski definition) is 6. The maximum Gasteiger partial charge on any atom is 0.251 e. The van der Waals surface area contributed by atoms with Crippen molar-refractivity contribution in [2.75, 3.05) is 11.1 Å². The molecule has 0 spiro atoms. The van der Waals surface area contributed by atoms with Gasteiger partial charge in [0.15, 0.2) is 10.3 Å². The van der Waals surface area contributed by atoms with Gasteiger partial charge in [-0.2, -0.15) is 0 Å². The Morgan fingerprint density at radius 2 is 1.70 bits per heavy atom. The number of rotatable bonds is 6. The lowest BCUT2D eigenvalue weighted by Crippen LogP contribution is -2.15. The third-order valence-electron chi connectivity index (χ3n) is 4.14. The van der Waals surface area contributed by atoms with E-state index in [1.54, 1.807) is 6.92 Å². The number of benzene rings is 2. The molecule has 0 aliphatic carbocycles. The Morgan fingerprint density at radius 1 is 1.03 bits per heavy atom. The molecule has 8 heteroatoms. The second-order valence-corrected chi connectivity index (χ2v) is 8.42. The van der Waals surface area contributed by atoms with Crippen molar-refractivity contribution in [2.45, 2.75) is 12.1 Å². The van der Waals surface area contributed by atoms with Crippen molar-refractivity contribution in [3.05, 3.63) is 82.8 Å². The van der Waals surface area contributed by atoms with E-state index in [4.69, 9.17) is 0 Å². The molecule has 0 atom stereocenters. The molecule has 2 aromatic carbocycles. The van der Waals surface area contributed by atoms with Gasteiger partial charge in [0.05, 0.1) is 16.3 Å². The second kappa shape index (κ2) is 9.06. The summed E-state index contributed by atoms with van der Waals surface area (Å²) in [5.74, 6) is -0.0926. The highest BCUT2D eigenvalue weighted by Crippen LogP contribution is 2.38. The zero-order valence-electron chi connectivity index (χ0n) is 16.1. The van der Waals surface area contributed by atoms with E-state index < -0.39 is 0 Å². The van der Waals surface area contributed by atoms with Crippen LogP contribution in [0.15, 0.2) is 76.7 Å². The third-order valence-corrected chi connectivity index (χ3v) is 6.04. The van der Waals surface area contributed by atoms with Crippen LogP contribution in [0.4, 0.5) is 5.13 Å². The first-order valence-corrected chi connectivity index (χ1v) is 11.0. The van der Waals surface area contributed by atoms with Gasteiger partial charge < -0.3 is 10.3 Å². The van der Waals surface area contributed by atoms with Crippen molar-refractivity contribution < 1.29 is 4.79 Å². The molecule has 0 aliphatic heterocycles. The lowest BCUT2D eigenvalue weighted by molar-refractivity contribution is -0.113. The lowest BCUT2D eigenvalue weighted by atomic mass is 10.1. The summed E-state index contributed by atoms with van der Waals surface area (Å²) >= 11 is 2.61. The molecule has 0 saturated heterocycles. The molecule has 1 amide bonds. The summed E-state index contributed by atoms with van der Waals surface area (Å²) in [5.41, 5.74) is 3.25. The summed E-state index contributed by atoms with van der Waals surface area (Å²) in [7, 11) is 0. The fraction of sp³-hybridized carbons (Fsp3) is 0.0909. The largest absolute Gasteiger partial charge is 0.301 e. The summed E-state index contributed by atoms with van der Waals surface area (Å²) < 4.78 is 0. The smallest absolute Gasteiger partial charge is 0.251 e. The van der Waals surface area contributed by atoms with Crippen LogP contribution in [-0.2, 0) is 4.79 Å². The zero-order valence-corrected chi connectivity index (χ0v) is 17.7. The monoisotopic (exact) mass is 434 g/mol. The Hall–Kier alpha value is -3.23. The van der Waals surface area contributed by atoms with Crippen molar-refractivity contribution in [3.8, 4) is 21.7 Å². The Balaban J connectivity index is 1.55. The number of carbonyl (C=O) groups is 1. The van der Waals surface area contributed by atoms with Gasteiger partial charge in [0, 0.05) is 17.3 Å². The highest BCUT2D eigenvalue weighted by molar-refractivity contribution is 7.99. The molecule has 2 heterocycles. The molecule has 2 aromatic heterocycles. The first kappa shape index (κ1) is 20.1. The quantitative estimate of drug-likeness (QED) is 0.342. The van der Waals surface area contributed by atoms with Crippen LogP contribution in [0.5, 0.6) is 0 Å². The fourth-order valence-corrected chi connectivity index (χ4v) is 4.59. The van der Waals surface area contributed by atoms with Crippen molar-refractivity contribution >= 4 is 34.1 Å². The number of aromatic nitrogens is 3. The second-order valence-electron chi connectivity index (χ2n) is 6.46. The number of aromatic amines is 1. The fourth-order valence-electron chi connectivity index (χ4n) is 2.86. The standard InChI is InChI=1S/C22H18N4O2S2/c1-14-12-17(27)24-21(23-14)29-13-18(28)25-22-26-19(15-8-4-2-5-9-15)20(30-22)16-10-6-3-7-11-16/h2-12H,13H2,1H3,(H,23,24,27)(H,25,26,28). The Bertz CT molecular complexity index is 1160. The normalized spacial score (nSPS) is 10.7. The van der Waals surface area contributed by atoms with Crippen LogP contribution in [0.1, 0.15) is 5.69 Å². The number of amides is 1. The van der Waals surface area contributed by atoms with Gasteiger partial charge in [0.25, 0.3) is 5.56 Å². The van der Waals surface area contributed by atoms with Gasteiger partial charge in [-0.05, 0) is 12.5 Å². The summed E-state index contributed by atoms with van der Waals surface area (Å²) in [6.07, 6.45) is 0. The number of thioether (sulfide) groups is 1. The first-order chi connectivity index (χ1) is 14.6. The van der Waals surface area contributed by atoms with Crippen molar-refractivity contribution in [1.82, 2.24) is 15.0 Å². The highest BCUT2D eigenvalue weighted by atomic mass is 32.2. The Labute approximate surface area is 181 Å². The molecule has 0 bridgehead atoms. The van der Waals surface area contributed by atoms with Crippen LogP contribution in [0.3, 0.4) is 0 Å². The third kappa shape index (κ3) is 4.84. The van der Waals surface area contributed by atoms with Gasteiger partial charge in [0.1, 0.15) is 0 Å². The van der Waals surface area contributed by atoms with E-state index in [-0.39, 0.29) is 17.2 Å². The minimum Gasteiger partial charge on any atom is -0.301 e. The SMILES string of the molecule is Cc1cc(=O)[nH]c(SCC(=O)Nc2nc(-c3ccccc3)c(-c3ccccc3)s2)n1. The number of aryl methyl sites for hydroxylation is 1. The van der Waals surface area contributed by atoms with Gasteiger partial charge >= 0.3 is 0 Å². The highest BCUT2D eigenvalue weighted by Gasteiger charge is 2.16. The molecular formula is C22H18N4O2S2. The summed E-state index contributed by atoms with van der Waals surface area (Å²) in [6, 6.07) is 21.3. The van der Waals surface area contributed by atoms with E-state index in [9.17, 15) is 9.59 Å². The molecule has 150 valence electrons. The number of carbonyl (C=O) groups excluding carboxylic acids is 1. The first-order valence-electron chi connectivity index (χ1n) is 9.21. The number of hydrogen-bond donors (Lipinski definition) is 2. The van der Waals surface area contributed by atoms with Crippen LogP contribution in [-0.4, -0.2) is 26.6 Å². The van der Waals surface area contributed by atoms with Crippen LogP contribution in [0.2, 0.25) is 0 Å². The maximum atomic E-state index is 12.5. The van der Waals surface area contributed by atoms with Crippen LogP contribution in [0, 0.1) is 6.92 Å². The number of H-pyrrole nitrogens is 1. The summed E-state index contributed by atoms with van der Waals surface area (Å²) in [5, 5.41) is 3.82. The van der Waals surface area contributed by atoms with E-state index in [2.05, 4.69) is 20.3 Å². The maximum absolute atomic E-state index is 12.5. The molecule has 0 aliphatic rings. The number of anilines is 1. The molecule has 0 radical (unpaired) electrons. The van der Waals surface area contributed by atoms with Crippen LogP contribution < -0.4 is 10.9 Å². The molecule has 6 nitrogen and oxygen atoms in total. The topological polar surface area (TPSA) is 87.7 Å². The predicted molar refractivity (Wildman–Crippen MR) is 122 cm³/mol. The van der Waals surface area contributed by atoms with Crippen LogP contribution in [0.25, 0.3) is 21.7 Å². The molecule has 0 fully saturated rings. The molecule has 4 rings (SSSR count). The molecule has 30 heavy (non-hydrogen) atoms. The number of nitrogens with zero attached hydrogens (tertiary/aromatic N) is 2. The molecule has 0 unspecified atom stereocenters. The number of thiazole rings is 1. The zero-order chi connectivity index (χ0) is 20.9. The van der Waals surface area contributed by atoms with Gasteiger partial charge in [0.2, 0.25) is 5.91 Å². The van der Waals surface area contributed by atoms with E-state index >= 15 is 0 Å². The van der Waals surface area contributed by atoms with Crippen molar-refractivity contribution in [1.29, 1.82) is 0 Å². The van der Waals surface area contributed by atoms with E-state index in [0.29, 0.717) is 16.0 Å². The van der Waals surface area contributed by atoms with Crippen molar-refractivity contribution in [3.63, 3.8) is 0 Å². The minimum absolute atomic E-state index is 0.118. The van der Waals surface area contributed by atoms with E-state index in [1.807, 2.05) is 60.7 Å². The van der Waals surface area contributed by atoms with Gasteiger partial charge in [-0.15, -0.1) is 0 Å². The average molecular weight is 435 g/mol. The average Bonchev–Trinajstić information content (AvgIpc) is 3.17. The molecule has 4 aromatic rings. The van der Waals surface area contributed by atoms with Crippen molar-refractivity contribution in [2.24, 2.45) is 0 Å². The molecule has 0 saturated carbocycles. The Kier molecular flexibility index (Phi) is 6.06. The van der Waals surface area contributed by atoms with Gasteiger partial charge in [-0.1, -0.05) is 83.8 Å². The van der Waals surface area contributed by atoms with Crippen LogP contribution >= 0.6 is 23.1 Å². The molecule has 2 N–H and O–H groups in total. The minimum atomic E-state index is -0.231. The van der Waals surface area contributed by atoms with Gasteiger partial charge in [-0.3, -0.25) is 9.59 Å². The summed E-state index contributed by atoms with van der Waals surface area (Å²) in [6.45, 7) is 1.74. The van der Waals surface area contributed by atoms with E-state index in [0.717, 1.165) is 21.7 Å².